The third-order valence-electron chi connectivity index (χ3n) is 9.17. The molecular formula is C42H45N15O3. The van der Waals surface area contributed by atoms with Crippen LogP contribution in [0.25, 0.3) is 33.8 Å². The van der Waals surface area contributed by atoms with E-state index in [0.717, 1.165) is 33.4 Å². The number of hydrogen-bond donors (Lipinski definition) is 6. The largest absolute Gasteiger partial charge is 0.325 e. The van der Waals surface area contributed by atoms with Crippen LogP contribution in [0.2, 0.25) is 0 Å². The van der Waals surface area contributed by atoms with Crippen LogP contribution in [0, 0.1) is 0 Å². The van der Waals surface area contributed by atoms with Gasteiger partial charge in [0.2, 0.25) is 17.7 Å². The summed E-state index contributed by atoms with van der Waals surface area (Å²) in [6, 6.07) is 28.8. The summed E-state index contributed by atoms with van der Waals surface area (Å²) in [5.41, 5.74) is 9.78. The molecule has 7 aromatic rings. The maximum atomic E-state index is 12.0. The van der Waals surface area contributed by atoms with Gasteiger partial charge in [-0.3, -0.25) is 14.4 Å². The lowest BCUT2D eigenvalue weighted by molar-refractivity contribution is -0.116. The Hall–Kier alpha value is -7.41. The summed E-state index contributed by atoms with van der Waals surface area (Å²) in [6.45, 7) is 2.03. The van der Waals surface area contributed by atoms with E-state index in [-0.39, 0.29) is 37.4 Å². The van der Waals surface area contributed by atoms with Crippen molar-refractivity contribution in [3.05, 3.63) is 126 Å². The van der Waals surface area contributed by atoms with Crippen LogP contribution >= 0.6 is 0 Å². The lowest BCUT2D eigenvalue weighted by Crippen LogP contribution is -2.24. The molecule has 6 N–H and O–H groups in total. The molecule has 0 saturated heterocycles. The van der Waals surface area contributed by atoms with Gasteiger partial charge in [0, 0.05) is 33.8 Å². The van der Waals surface area contributed by atoms with Crippen LogP contribution in [0.15, 0.2) is 110 Å². The molecule has 3 heterocycles. The van der Waals surface area contributed by atoms with Crippen molar-refractivity contribution in [2.45, 2.75) is 19.6 Å². The van der Waals surface area contributed by atoms with Crippen LogP contribution in [0.4, 0.5) is 17.1 Å². The molecule has 306 valence electrons. The average molecular weight is 808 g/mol. The van der Waals surface area contributed by atoms with Crippen LogP contribution in [-0.2, 0) is 34.0 Å². The molecule has 0 saturated carbocycles. The van der Waals surface area contributed by atoms with Crippen molar-refractivity contribution >= 4 is 34.8 Å². The zero-order valence-corrected chi connectivity index (χ0v) is 33.4. The van der Waals surface area contributed by atoms with Crippen LogP contribution in [0.5, 0.6) is 0 Å². The molecule has 60 heavy (non-hydrogen) atoms. The number of anilines is 3. The maximum Gasteiger partial charge on any atom is 0.238 e. The monoisotopic (exact) mass is 807 g/mol. The van der Waals surface area contributed by atoms with Gasteiger partial charge in [-0.15, -0.1) is 15.3 Å². The fourth-order valence-corrected chi connectivity index (χ4v) is 6.47. The van der Waals surface area contributed by atoms with Gasteiger partial charge in [-0.2, -0.15) is 0 Å². The Morgan fingerprint density at radius 3 is 0.950 bits per heavy atom. The van der Waals surface area contributed by atoms with Crippen molar-refractivity contribution in [1.29, 1.82) is 0 Å². The number of carbonyl (C=O) groups is 3. The number of nitrogens with one attached hydrogen (secondary N) is 6. The molecule has 0 atom stereocenters. The van der Waals surface area contributed by atoms with Gasteiger partial charge in [0.15, 0.2) is 0 Å². The second-order valence-corrected chi connectivity index (χ2v) is 14.0. The van der Waals surface area contributed by atoms with Crippen LogP contribution in [0.3, 0.4) is 0 Å². The van der Waals surface area contributed by atoms with E-state index in [1.54, 1.807) is 35.2 Å². The second-order valence-electron chi connectivity index (χ2n) is 14.0. The first-order valence-electron chi connectivity index (χ1n) is 19.2. The van der Waals surface area contributed by atoms with E-state index in [9.17, 15) is 14.4 Å². The first kappa shape index (κ1) is 40.8. The van der Waals surface area contributed by atoms with Gasteiger partial charge in [-0.05, 0) is 74.2 Å². The summed E-state index contributed by atoms with van der Waals surface area (Å²) >= 11 is 0. The summed E-state index contributed by atoms with van der Waals surface area (Å²) in [4.78, 5) is 36.0. The number of hydrogen-bond acceptors (Lipinski definition) is 12. The summed E-state index contributed by atoms with van der Waals surface area (Å²) in [5, 5.41) is 43.6. The number of nitrogens with zero attached hydrogens (tertiary/aromatic N) is 9. The average Bonchev–Trinajstić information content (AvgIpc) is 4.02. The van der Waals surface area contributed by atoms with Crippen molar-refractivity contribution < 1.29 is 14.4 Å². The highest BCUT2D eigenvalue weighted by Gasteiger charge is 2.12. The van der Waals surface area contributed by atoms with Crippen LogP contribution in [-0.4, -0.2) is 103 Å². The van der Waals surface area contributed by atoms with E-state index >= 15 is 0 Å². The van der Waals surface area contributed by atoms with E-state index in [1.807, 2.05) is 91.4 Å². The lowest BCUT2D eigenvalue weighted by atomic mass is 10.0. The highest BCUT2D eigenvalue weighted by Crippen LogP contribution is 2.23. The number of likely N-dealkylation sites (N-methyl/N-ethyl adjacent to an activating group) is 3. The fraction of sp³-hybridized carbons (Fsp3) is 0.214. The van der Waals surface area contributed by atoms with Gasteiger partial charge < -0.3 is 31.9 Å². The van der Waals surface area contributed by atoms with E-state index in [0.29, 0.717) is 53.8 Å². The van der Waals surface area contributed by atoms with Crippen molar-refractivity contribution in [2.75, 3.05) is 56.7 Å². The third kappa shape index (κ3) is 11.0. The van der Waals surface area contributed by atoms with Crippen LogP contribution < -0.4 is 31.9 Å². The molecule has 0 aliphatic heterocycles. The van der Waals surface area contributed by atoms with Gasteiger partial charge in [0.05, 0.1) is 57.9 Å². The molecule has 0 bridgehead atoms. The summed E-state index contributed by atoms with van der Waals surface area (Å²) in [6.07, 6.45) is 5.68. The minimum absolute atomic E-state index is 0.122. The molecule has 3 aromatic heterocycles. The van der Waals surface area contributed by atoms with Gasteiger partial charge in [0.1, 0.15) is 17.1 Å². The van der Waals surface area contributed by atoms with Crippen molar-refractivity contribution in [1.82, 2.24) is 60.9 Å². The van der Waals surface area contributed by atoms with Gasteiger partial charge >= 0.3 is 0 Å². The molecule has 0 aliphatic carbocycles. The zero-order chi connectivity index (χ0) is 41.8. The molecule has 7 rings (SSSR count). The molecule has 0 spiro atoms. The van der Waals surface area contributed by atoms with Crippen molar-refractivity contribution in [2.24, 2.45) is 0 Å². The minimum atomic E-state index is -0.122. The zero-order valence-electron chi connectivity index (χ0n) is 33.4. The Morgan fingerprint density at radius 2 is 0.700 bits per heavy atom. The Kier molecular flexibility index (Phi) is 13.2. The standard InChI is InChI=1S/C42H45N15O3/c1-43-19-40(58)46-34-10-4-31(5-11-34)37-25-55(52-49-37)22-28-16-29(23-56-26-38(50-53-56)32-6-12-35(13-7-32)47-41(59)20-44-2)18-30(17-28)24-57-27-39(51-54-57)33-8-14-36(15-9-33)48-42(60)21-45-3/h4-18,25-27,43-45H,19-24H2,1-3H3,(H,46,58)(H,47,59)(H,48,60). The molecule has 18 heteroatoms. The lowest BCUT2D eigenvalue weighted by Gasteiger charge is -2.10. The molecule has 0 aliphatic rings. The highest BCUT2D eigenvalue weighted by molar-refractivity contribution is 5.93. The van der Waals surface area contributed by atoms with Gasteiger partial charge in [-0.1, -0.05) is 70.2 Å². The maximum absolute atomic E-state index is 12.0. The predicted molar refractivity (Wildman–Crippen MR) is 228 cm³/mol. The van der Waals surface area contributed by atoms with E-state index in [1.165, 1.54) is 0 Å². The molecule has 0 unspecified atom stereocenters. The minimum Gasteiger partial charge on any atom is -0.325 e. The summed E-state index contributed by atoms with van der Waals surface area (Å²) in [7, 11) is 5.17. The molecule has 18 nitrogen and oxygen atoms in total. The molecule has 3 amide bonds. The van der Waals surface area contributed by atoms with Gasteiger partial charge in [-0.25, -0.2) is 14.0 Å². The van der Waals surface area contributed by atoms with E-state index in [4.69, 9.17) is 0 Å². The van der Waals surface area contributed by atoms with Crippen LogP contribution in [0.1, 0.15) is 16.7 Å². The Morgan fingerprint density at radius 1 is 0.433 bits per heavy atom. The van der Waals surface area contributed by atoms with Crippen molar-refractivity contribution in [3.63, 3.8) is 0 Å². The number of carbonyl (C=O) groups excluding carboxylic acids is 3. The Labute approximate surface area is 345 Å². The summed E-state index contributed by atoms with van der Waals surface area (Å²) < 4.78 is 5.37. The SMILES string of the molecule is CNCC(=O)Nc1ccc(-c2cn(Cc3cc(Cn4cc(-c5ccc(NC(=O)CNC)cc5)nn4)cc(Cn4cc(-c5ccc(NC(=O)CNC)cc5)nn4)c3)nn2)cc1. The fourth-order valence-electron chi connectivity index (χ4n) is 6.47. The number of aromatic nitrogens is 9. The topological polar surface area (TPSA) is 216 Å². The predicted octanol–water partition coefficient (Wildman–Crippen LogP) is 3.08. The first-order chi connectivity index (χ1) is 29.2. The number of rotatable bonds is 18. The second kappa shape index (κ2) is 19.4. The third-order valence-corrected chi connectivity index (χ3v) is 9.17. The molecular weight excluding hydrogens is 763 g/mol. The van der Waals surface area contributed by atoms with E-state index < -0.39 is 0 Å². The smallest absolute Gasteiger partial charge is 0.238 e. The van der Waals surface area contributed by atoms with Gasteiger partial charge in [0.25, 0.3) is 0 Å². The normalized spacial score (nSPS) is 11.1. The quantitative estimate of drug-likeness (QED) is 0.0738. The first-order valence-corrected chi connectivity index (χ1v) is 19.2. The number of amides is 3. The molecule has 4 aromatic carbocycles. The number of benzene rings is 4. The molecule has 0 radical (unpaired) electrons. The van der Waals surface area contributed by atoms with E-state index in [2.05, 4.69) is 81.0 Å². The van der Waals surface area contributed by atoms with Crippen molar-refractivity contribution in [3.8, 4) is 33.8 Å². The Bertz CT molecular complexity index is 2250. The molecule has 0 fully saturated rings. The highest BCUT2D eigenvalue weighted by atomic mass is 16.2. The Balaban J connectivity index is 1.09. The summed E-state index contributed by atoms with van der Waals surface area (Å²) in [5.74, 6) is -0.366.